The monoisotopic (exact) mass is 388 g/mol. The summed E-state index contributed by atoms with van der Waals surface area (Å²) in [6.07, 6.45) is 7.82. The molecule has 4 rings (SSSR count). The molecule has 2 aromatic heterocycles. The Morgan fingerprint density at radius 1 is 1.14 bits per heavy atom. The molecule has 0 saturated carbocycles. The molecule has 1 unspecified atom stereocenters. The average Bonchev–Trinajstić information content (AvgIpc) is 3.44. The van der Waals surface area contributed by atoms with E-state index in [1.807, 2.05) is 16.8 Å². The quantitative estimate of drug-likeness (QED) is 0.695. The summed E-state index contributed by atoms with van der Waals surface area (Å²) in [5, 5.41) is 11.9. The van der Waals surface area contributed by atoms with Gasteiger partial charge in [0, 0.05) is 30.5 Å². The first-order valence-electron chi connectivity index (χ1n) is 9.75. The zero-order chi connectivity index (χ0) is 20.2. The van der Waals surface area contributed by atoms with Gasteiger partial charge < -0.3 is 19.7 Å². The lowest BCUT2D eigenvalue weighted by atomic mass is 10.2. The van der Waals surface area contributed by atoms with Crippen molar-refractivity contribution >= 4 is 17.3 Å². The molecule has 1 N–H and O–H groups in total. The summed E-state index contributed by atoms with van der Waals surface area (Å²) >= 11 is 0. The predicted octanol–water partition coefficient (Wildman–Crippen LogP) is 2.81. The smallest absolute Gasteiger partial charge is 0.158 e. The Labute approximate surface area is 170 Å². The maximum atomic E-state index is 8.79. The number of nitriles is 1. The van der Waals surface area contributed by atoms with Gasteiger partial charge in [-0.1, -0.05) is 6.92 Å². The van der Waals surface area contributed by atoms with Crippen LogP contribution in [0.2, 0.25) is 0 Å². The van der Waals surface area contributed by atoms with Gasteiger partial charge in [-0.3, -0.25) is 0 Å². The maximum absolute atomic E-state index is 8.79. The highest BCUT2D eigenvalue weighted by atomic mass is 15.2. The lowest BCUT2D eigenvalue weighted by molar-refractivity contribution is 0.272. The van der Waals surface area contributed by atoms with E-state index >= 15 is 0 Å². The van der Waals surface area contributed by atoms with E-state index in [0.29, 0.717) is 17.7 Å². The third-order valence-corrected chi connectivity index (χ3v) is 5.40. The van der Waals surface area contributed by atoms with Crippen LogP contribution in [0.4, 0.5) is 17.3 Å². The predicted molar refractivity (Wildman–Crippen MR) is 113 cm³/mol. The Balaban J connectivity index is 1.41. The first-order valence-corrected chi connectivity index (χ1v) is 9.75. The summed E-state index contributed by atoms with van der Waals surface area (Å²) in [7, 11) is 2.20. The van der Waals surface area contributed by atoms with E-state index < -0.39 is 0 Å². The fraction of sp³-hybridized carbons (Fsp3) is 0.333. The molecule has 1 atom stereocenters. The molecule has 3 heterocycles. The van der Waals surface area contributed by atoms with E-state index in [0.717, 1.165) is 25.3 Å². The van der Waals surface area contributed by atoms with Crippen molar-refractivity contribution in [1.82, 2.24) is 24.4 Å². The van der Waals surface area contributed by atoms with E-state index in [2.05, 4.69) is 68.3 Å². The van der Waals surface area contributed by atoms with Gasteiger partial charge in [-0.05, 0) is 44.3 Å². The van der Waals surface area contributed by atoms with Crippen molar-refractivity contribution < 1.29 is 0 Å². The van der Waals surface area contributed by atoms with Crippen LogP contribution in [0.3, 0.4) is 0 Å². The molecule has 0 bridgehead atoms. The highest BCUT2D eigenvalue weighted by molar-refractivity contribution is 5.54. The van der Waals surface area contributed by atoms with Crippen molar-refractivity contribution in [3.63, 3.8) is 0 Å². The van der Waals surface area contributed by atoms with Gasteiger partial charge in [0.05, 0.1) is 18.6 Å². The fourth-order valence-corrected chi connectivity index (χ4v) is 3.54. The van der Waals surface area contributed by atoms with Gasteiger partial charge in [0.15, 0.2) is 5.69 Å². The topological polar surface area (TPSA) is 85.9 Å². The standard InChI is InChI=1S/C21H24N8/c1-3-27(2)19-8-9-28(13-19)17-4-6-18(7-5-17)29-14-21(25-15-29)26-20-12-23-16(10-22)11-24-20/h4-7,11-12,14-15,19H,3,8-9,13H2,1-2H3,(H,24,26). The minimum absolute atomic E-state index is 0.284. The van der Waals surface area contributed by atoms with Crippen molar-refractivity contribution in [2.75, 3.05) is 36.9 Å². The zero-order valence-electron chi connectivity index (χ0n) is 16.7. The SMILES string of the molecule is CCN(C)C1CCN(c2ccc(-n3cnc(Nc4cnc(C#N)cn4)c3)cc2)C1. The van der Waals surface area contributed by atoms with E-state index in [-0.39, 0.29) is 5.69 Å². The van der Waals surface area contributed by atoms with Crippen LogP contribution < -0.4 is 10.2 Å². The first-order chi connectivity index (χ1) is 14.2. The van der Waals surface area contributed by atoms with Gasteiger partial charge >= 0.3 is 0 Å². The number of rotatable bonds is 6. The average molecular weight is 388 g/mol. The number of nitrogens with one attached hydrogen (secondary N) is 1. The highest BCUT2D eigenvalue weighted by Crippen LogP contribution is 2.24. The van der Waals surface area contributed by atoms with Crippen LogP contribution in [-0.2, 0) is 0 Å². The Morgan fingerprint density at radius 2 is 1.93 bits per heavy atom. The van der Waals surface area contributed by atoms with Crippen LogP contribution in [0, 0.1) is 11.3 Å². The fourth-order valence-electron chi connectivity index (χ4n) is 3.54. The van der Waals surface area contributed by atoms with Crippen LogP contribution in [0.5, 0.6) is 0 Å². The van der Waals surface area contributed by atoms with Gasteiger partial charge in [0.1, 0.15) is 24.0 Å². The molecule has 148 valence electrons. The summed E-state index contributed by atoms with van der Waals surface area (Å²) in [6.45, 7) is 5.47. The number of hydrogen-bond acceptors (Lipinski definition) is 7. The second kappa shape index (κ2) is 8.29. The van der Waals surface area contributed by atoms with Crippen molar-refractivity contribution in [1.29, 1.82) is 5.26 Å². The van der Waals surface area contributed by atoms with E-state index in [1.165, 1.54) is 24.5 Å². The number of aromatic nitrogens is 4. The molecule has 0 spiro atoms. The van der Waals surface area contributed by atoms with Crippen LogP contribution in [0.25, 0.3) is 5.69 Å². The molecule has 0 aliphatic carbocycles. The molecule has 1 saturated heterocycles. The van der Waals surface area contributed by atoms with Crippen molar-refractivity contribution in [2.24, 2.45) is 0 Å². The summed E-state index contributed by atoms with van der Waals surface area (Å²) in [4.78, 5) is 17.4. The lowest BCUT2D eigenvalue weighted by Gasteiger charge is -2.24. The molecule has 1 aliphatic heterocycles. The number of anilines is 3. The Kier molecular flexibility index (Phi) is 5.40. The number of benzene rings is 1. The second-order valence-corrected chi connectivity index (χ2v) is 7.17. The van der Waals surface area contributed by atoms with E-state index in [1.54, 1.807) is 6.33 Å². The van der Waals surface area contributed by atoms with E-state index in [4.69, 9.17) is 5.26 Å². The van der Waals surface area contributed by atoms with Crippen LogP contribution in [0.15, 0.2) is 49.2 Å². The first kappa shape index (κ1) is 18.9. The molecular weight excluding hydrogens is 364 g/mol. The minimum atomic E-state index is 0.284. The third kappa shape index (κ3) is 4.20. The van der Waals surface area contributed by atoms with Gasteiger partial charge in [-0.2, -0.15) is 5.26 Å². The molecule has 1 aromatic carbocycles. The lowest BCUT2D eigenvalue weighted by Crippen LogP contribution is -2.34. The van der Waals surface area contributed by atoms with Crippen molar-refractivity contribution in [3.8, 4) is 11.8 Å². The molecule has 3 aromatic rings. The second-order valence-electron chi connectivity index (χ2n) is 7.17. The summed E-state index contributed by atoms with van der Waals surface area (Å²) in [6, 6.07) is 11.1. The minimum Gasteiger partial charge on any atom is -0.370 e. The van der Waals surface area contributed by atoms with E-state index in [9.17, 15) is 0 Å². The van der Waals surface area contributed by atoms with Gasteiger partial charge in [0.25, 0.3) is 0 Å². The van der Waals surface area contributed by atoms with Crippen LogP contribution in [0.1, 0.15) is 19.0 Å². The molecular formula is C21H24N8. The van der Waals surface area contributed by atoms with Crippen molar-refractivity contribution in [3.05, 3.63) is 54.9 Å². The molecule has 0 radical (unpaired) electrons. The van der Waals surface area contributed by atoms with Gasteiger partial charge in [-0.15, -0.1) is 0 Å². The molecule has 8 nitrogen and oxygen atoms in total. The number of likely N-dealkylation sites (N-methyl/N-ethyl adjacent to an activating group) is 1. The number of hydrogen-bond donors (Lipinski definition) is 1. The highest BCUT2D eigenvalue weighted by Gasteiger charge is 2.25. The normalized spacial score (nSPS) is 16.2. The summed E-state index contributed by atoms with van der Waals surface area (Å²) < 4.78 is 1.96. The van der Waals surface area contributed by atoms with Crippen molar-refractivity contribution in [2.45, 2.75) is 19.4 Å². The summed E-state index contributed by atoms with van der Waals surface area (Å²) in [5.74, 6) is 1.21. The zero-order valence-corrected chi connectivity index (χ0v) is 16.7. The molecule has 1 aliphatic rings. The molecule has 1 fully saturated rings. The van der Waals surface area contributed by atoms with Crippen LogP contribution >= 0.6 is 0 Å². The van der Waals surface area contributed by atoms with Gasteiger partial charge in [0.2, 0.25) is 0 Å². The number of imidazole rings is 1. The Hall–Kier alpha value is -3.44. The van der Waals surface area contributed by atoms with Gasteiger partial charge in [-0.25, -0.2) is 15.0 Å². The molecule has 8 heteroatoms. The molecule has 29 heavy (non-hydrogen) atoms. The Morgan fingerprint density at radius 3 is 2.62 bits per heavy atom. The Bertz CT molecular complexity index is 987. The van der Waals surface area contributed by atoms with Crippen LogP contribution in [-0.4, -0.2) is 57.1 Å². The summed E-state index contributed by atoms with van der Waals surface area (Å²) in [5.41, 5.74) is 2.58. The largest absolute Gasteiger partial charge is 0.370 e. The maximum Gasteiger partial charge on any atom is 0.158 e. The number of nitrogens with zero attached hydrogens (tertiary/aromatic N) is 7. The third-order valence-electron chi connectivity index (χ3n) is 5.40. The molecule has 0 amide bonds.